The smallest absolute Gasteiger partial charge is 0.264 e. The molecule has 0 saturated heterocycles. The lowest BCUT2D eigenvalue weighted by molar-refractivity contribution is -0.132. The fraction of sp³-hybridized carbons (Fsp3) is 0.333. The summed E-state index contributed by atoms with van der Waals surface area (Å²) in [6.07, 6.45) is -3.59. The zero-order chi connectivity index (χ0) is 19.4. The van der Waals surface area contributed by atoms with Gasteiger partial charge in [0.1, 0.15) is 11.6 Å². The van der Waals surface area contributed by atoms with Crippen LogP contribution in [0, 0.1) is 6.85 Å². The van der Waals surface area contributed by atoms with Crippen LogP contribution in [-0.2, 0) is 9.59 Å². The van der Waals surface area contributed by atoms with E-state index in [-0.39, 0.29) is 16.6 Å². The molecule has 1 heterocycles. The van der Waals surface area contributed by atoms with Crippen molar-refractivity contribution in [3.63, 3.8) is 0 Å². The van der Waals surface area contributed by atoms with E-state index in [4.69, 9.17) is 12.6 Å². The maximum absolute atomic E-state index is 13.0. The fourth-order valence-corrected chi connectivity index (χ4v) is 2.42. The van der Waals surface area contributed by atoms with E-state index in [0.29, 0.717) is 4.57 Å². The van der Waals surface area contributed by atoms with Gasteiger partial charge in [-0.25, -0.2) is 4.98 Å². The van der Waals surface area contributed by atoms with Crippen molar-refractivity contribution >= 4 is 28.2 Å². The molecule has 2 aromatic rings. The molecule has 6 nitrogen and oxygen atoms in total. The highest BCUT2D eigenvalue weighted by molar-refractivity contribution is 6.03. The van der Waals surface area contributed by atoms with E-state index >= 15 is 0 Å². The number of nitrogens with two attached hydrogens (primary N) is 1. The zero-order valence-electron chi connectivity index (χ0n) is 15.9. The van der Waals surface area contributed by atoms with Gasteiger partial charge in [-0.2, -0.15) is 0 Å². The third-order valence-corrected chi connectivity index (χ3v) is 3.39. The number of nitrogens with zero attached hydrogens (tertiary/aromatic N) is 2. The van der Waals surface area contributed by atoms with Crippen molar-refractivity contribution in [3.8, 4) is 0 Å². The van der Waals surface area contributed by atoms with E-state index in [1.807, 2.05) is 0 Å². The average molecular weight is 290 g/mol. The van der Waals surface area contributed by atoms with Crippen LogP contribution in [0.15, 0.2) is 23.0 Å². The van der Waals surface area contributed by atoms with Gasteiger partial charge in [-0.3, -0.25) is 19.0 Å². The molecular weight excluding hydrogens is 270 g/mol. The highest BCUT2D eigenvalue weighted by Gasteiger charge is 2.30. The third kappa shape index (κ3) is 2.12. The molecule has 1 fully saturated rings. The number of hydrogen-bond donors (Lipinski definition) is 1. The minimum Gasteiger partial charge on any atom is -0.398 e. The fourth-order valence-electron chi connectivity index (χ4n) is 2.42. The first kappa shape index (κ1) is 8.71. The highest BCUT2D eigenvalue weighted by atomic mass is 16.2. The molecule has 6 heteroatoms. The third-order valence-electron chi connectivity index (χ3n) is 3.39. The molecule has 0 aliphatic heterocycles. The summed E-state index contributed by atoms with van der Waals surface area (Å²) in [5, 5.41) is -0.0963. The van der Waals surface area contributed by atoms with Gasteiger partial charge in [0.05, 0.1) is 23.4 Å². The van der Waals surface area contributed by atoms with Crippen LogP contribution < -0.4 is 11.3 Å². The highest BCUT2D eigenvalue weighted by Crippen LogP contribution is 2.24. The van der Waals surface area contributed by atoms with Crippen molar-refractivity contribution in [2.24, 2.45) is 0 Å². The molecule has 2 N–H and O–H groups in total. The maximum Gasteiger partial charge on any atom is 0.264 e. The van der Waals surface area contributed by atoms with Gasteiger partial charge in [0.15, 0.2) is 5.78 Å². The number of nitrogen functional groups attached to an aromatic ring is 1. The largest absolute Gasteiger partial charge is 0.398 e. The lowest BCUT2D eigenvalue weighted by atomic mass is 9.92. The van der Waals surface area contributed by atoms with E-state index in [9.17, 15) is 14.4 Å². The first-order chi connectivity index (χ1) is 11.9. The SMILES string of the molecule is [2H]C([2H])([2H])c1nc2cccc(N)c2c(=O)n1C1C(=O)CC(=O)CC1([2H])[2H]. The number of Topliss-reactive ketones (excluding diaryl/α,β-unsaturated/α-hetero) is 2. The predicted octanol–water partition coefficient (Wildman–Crippen LogP) is 1.15. The molecule has 21 heavy (non-hydrogen) atoms. The van der Waals surface area contributed by atoms with Gasteiger partial charge in [0.2, 0.25) is 0 Å². The normalized spacial score (nSPS) is 25.7. The number of rotatable bonds is 1. The Hall–Kier alpha value is -2.50. The summed E-state index contributed by atoms with van der Waals surface area (Å²) in [5.74, 6) is -2.18. The summed E-state index contributed by atoms with van der Waals surface area (Å²) in [6, 6.07) is 2.57. The zero-order valence-corrected chi connectivity index (χ0v) is 10.9. The summed E-state index contributed by atoms with van der Waals surface area (Å²) < 4.78 is 39.7. The van der Waals surface area contributed by atoms with Crippen molar-refractivity contribution in [2.45, 2.75) is 32.1 Å². The predicted molar refractivity (Wildman–Crippen MR) is 78.1 cm³/mol. The number of anilines is 1. The Bertz CT molecular complexity index is 996. The maximum atomic E-state index is 13.0. The van der Waals surface area contributed by atoms with Crippen molar-refractivity contribution in [3.05, 3.63) is 34.4 Å². The minimum atomic E-state index is -2.88. The van der Waals surface area contributed by atoms with E-state index in [0.717, 1.165) is 0 Å². The Labute approximate surface area is 127 Å². The summed E-state index contributed by atoms with van der Waals surface area (Å²) >= 11 is 0. The van der Waals surface area contributed by atoms with Crippen molar-refractivity contribution in [2.75, 3.05) is 5.73 Å². The number of aromatic nitrogens is 2. The van der Waals surface area contributed by atoms with Crippen LogP contribution in [0.4, 0.5) is 5.69 Å². The molecular formula is C15H15N3O3. The Morgan fingerprint density at radius 2 is 2.24 bits per heavy atom. The number of carbonyl (C=O) groups excluding carboxylic acids is 2. The monoisotopic (exact) mass is 290 g/mol. The molecule has 1 aliphatic carbocycles. The van der Waals surface area contributed by atoms with E-state index in [1.54, 1.807) is 0 Å². The molecule has 0 radical (unpaired) electrons. The first-order valence-electron chi connectivity index (χ1n) is 8.79. The minimum absolute atomic E-state index is 0.0331. The molecule has 1 saturated carbocycles. The van der Waals surface area contributed by atoms with Crippen LogP contribution in [0.1, 0.15) is 37.9 Å². The number of fused-ring (bicyclic) bond motifs is 1. The van der Waals surface area contributed by atoms with Crippen molar-refractivity contribution in [1.82, 2.24) is 9.55 Å². The van der Waals surface area contributed by atoms with Gasteiger partial charge in [0.25, 0.3) is 5.56 Å². The van der Waals surface area contributed by atoms with Crippen LogP contribution in [0.25, 0.3) is 10.9 Å². The summed E-state index contributed by atoms with van der Waals surface area (Å²) in [4.78, 5) is 41.0. The molecule has 1 aromatic carbocycles. The van der Waals surface area contributed by atoms with Crippen LogP contribution in [-0.4, -0.2) is 21.1 Å². The van der Waals surface area contributed by atoms with Crippen molar-refractivity contribution in [1.29, 1.82) is 0 Å². The molecule has 1 aliphatic rings. The Kier molecular flexibility index (Phi) is 1.99. The van der Waals surface area contributed by atoms with Gasteiger partial charge < -0.3 is 5.73 Å². The van der Waals surface area contributed by atoms with Gasteiger partial charge >= 0.3 is 0 Å². The molecule has 1 unspecified atom stereocenters. The average Bonchev–Trinajstić information content (AvgIpc) is 2.46. The first-order valence-corrected chi connectivity index (χ1v) is 6.29. The number of benzene rings is 1. The van der Waals surface area contributed by atoms with E-state index in [2.05, 4.69) is 4.98 Å². The standard InChI is InChI=1S/C15H15N3O3/c1-8-17-11-4-2-3-10(16)14(11)15(21)18(8)12-6-5-9(19)7-13(12)20/h2-4,12H,5-7,16H2,1H3/i1D3,6D2. The van der Waals surface area contributed by atoms with Crippen LogP contribution >= 0.6 is 0 Å². The van der Waals surface area contributed by atoms with E-state index < -0.39 is 55.1 Å². The molecule has 1 aromatic heterocycles. The quantitative estimate of drug-likeness (QED) is 0.628. The number of carbonyl (C=O) groups is 2. The second kappa shape index (κ2) is 4.80. The second-order valence-electron chi connectivity index (χ2n) is 4.82. The molecule has 0 spiro atoms. The van der Waals surface area contributed by atoms with Crippen molar-refractivity contribution < 1.29 is 16.4 Å². The summed E-state index contributed by atoms with van der Waals surface area (Å²) in [5.41, 5.74) is 4.96. The van der Waals surface area contributed by atoms with Crippen LogP contribution in [0.5, 0.6) is 0 Å². The van der Waals surface area contributed by atoms with Crippen LogP contribution in [0.3, 0.4) is 0 Å². The topological polar surface area (TPSA) is 95.0 Å². The molecule has 1 atom stereocenters. The summed E-state index contributed by atoms with van der Waals surface area (Å²) in [7, 11) is 0. The van der Waals surface area contributed by atoms with Gasteiger partial charge in [-0.05, 0) is 25.4 Å². The second-order valence-corrected chi connectivity index (χ2v) is 4.82. The molecule has 3 rings (SSSR count). The number of ketones is 2. The van der Waals surface area contributed by atoms with Gasteiger partial charge in [0, 0.05) is 19.0 Å². The number of aryl methyl sites for hydroxylation is 1. The Balaban J connectivity index is 2.43. The van der Waals surface area contributed by atoms with E-state index in [1.165, 1.54) is 18.2 Å². The Morgan fingerprint density at radius 1 is 1.43 bits per heavy atom. The van der Waals surface area contributed by atoms with Crippen LogP contribution in [0.2, 0.25) is 0 Å². The lowest BCUT2D eigenvalue weighted by Gasteiger charge is -2.24. The summed E-state index contributed by atoms with van der Waals surface area (Å²) in [6.45, 7) is -2.88. The Morgan fingerprint density at radius 3 is 2.95 bits per heavy atom. The lowest BCUT2D eigenvalue weighted by Crippen LogP contribution is -2.36. The molecule has 0 bridgehead atoms. The molecule has 0 amide bonds. The molecule has 108 valence electrons. The number of hydrogen-bond acceptors (Lipinski definition) is 5. The van der Waals surface area contributed by atoms with Gasteiger partial charge in [-0.15, -0.1) is 0 Å². The van der Waals surface area contributed by atoms with Gasteiger partial charge in [-0.1, -0.05) is 6.07 Å².